The fourth-order valence-electron chi connectivity index (χ4n) is 4.68. The topological polar surface area (TPSA) is 63.2 Å². The third kappa shape index (κ3) is 3.72. The van der Waals surface area contributed by atoms with Gasteiger partial charge in [-0.1, -0.05) is 32.0 Å². The molecule has 0 spiro atoms. The molecule has 6 heteroatoms. The molecule has 3 heterocycles. The van der Waals surface area contributed by atoms with Crippen LogP contribution in [0.25, 0.3) is 10.9 Å². The van der Waals surface area contributed by atoms with E-state index in [1.807, 2.05) is 12.3 Å². The fourth-order valence-corrected chi connectivity index (χ4v) is 4.68. The Morgan fingerprint density at radius 3 is 2.77 bits per heavy atom. The lowest BCUT2D eigenvalue weighted by molar-refractivity contribution is 0.122. The van der Waals surface area contributed by atoms with Crippen LogP contribution in [0.1, 0.15) is 43.1 Å². The molecule has 1 aromatic carbocycles. The molecule has 2 aromatic heterocycles. The number of nitrogens with zero attached hydrogens (tertiary/aromatic N) is 4. The molecule has 0 saturated carbocycles. The minimum atomic E-state index is 0.149. The molecule has 0 bridgehead atoms. The average Bonchev–Trinajstić information content (AvgIpc) is 2.73. The lowest BCUT2D eigenvalue weighted by Crippen LogP contribution is -2.38. The number of hydrogen-bond acceptors (Lipinski definition) is 6. The quantitative estimate of drug-likeness (QED) is 0.704. The van der Waals surface area contributed by atoms with Crippen LogP contribution >= 0.6 is 0 Å². The molecule has 1 aliphatic carbocycles. The molecule has 1 fully saturated rings. The zero-order valence-electron chi connectivity index (χ0n) is 18.0. The Hall–Kier alpha value is -2.73. The van der Waals surface area contributed by atoms with Gasteiger partial charge in [-0.3, -0.25) is 0 Å². The molecule has 2 aliphatic rings. The van der Waals surface area contributed by atoms with E-state index in [9.17, 15) is 0 Å². The van der Waals surface area contributed by atoms with Crippen molar-refractivity contribution in [2.24, 2.45) is 5.41 Å². The second-order valence-corrected chi connectivity index (χ2v) is 9.26. The highest BCUT2D eigenvalue weighted by atomic mass is 16.5. The molecule has 3 aromatic rings. The maximum absolute atomic E-state index is 5.48. The summed E-state index contributed by atoms with van der Waals surface area (Å²) in [5.41, 5.74) is 4.76. The third-order valence-corrected chi connectivity index (χ3v) is 6.20. The van der Waals surface area contributed by atoms with E-state index in [1.165, 1.54) is 16.5 Å². The molecule has 6 nitrogen and oxygen atoms in total. The summed E-state index contributed by atoms with van der Waals surface area (Å²) in [4.78, 5) is 16.8. The highest BCUT2D eigenvalue weighted by Crippen LogP contribution is 2.41. The summed E-state index contributed by atoms with van der Waals surface area (Å²) in [5.74, 6) is 1.74. The molecule has 1 saturated heterocycles. The van der Waals surface area contributed by atoms with E-state index in [1.54, 1.807) is 0 Å². The van der Waals surface area contributed by atoms with Crippen LogP contribution in [0.2, 0.25) is 0 Å². The van der Waals surface area contributed by atoms with Crippen LogP contribution < -0.4 is 10.2 Å². The molecule has 30 heavy (non-hydrogen) atoms. The maximum Gasteiger partial charge on any atom is 0.225 e. The molecule has 1 aliphatic heterocycles. The van der Waals surface area contributed by atoms with Crippen LogP contribution in [-0.2, 0) is 11.2 Å². The van der Waals surface area contributed by atoms with Gasteiger partial charge in [0.25, 0.3) is 0 Å². The van der Waals surface area contributed by atoms with Gasteiger partial charge in [-0.25, -0.2) is 15.0 Å². The number of hydrogen-bond donors (Lipinski definition) is 1. The first-order valence-corrected chi connectivity index (χ1v) is 10.8. The summed E-state index contributed by atoms with van der Waals surface area (Å²) < 4.78 is 5.48. The smallest absolute Gasteiger partial charge is 0.225 e. The molecule has 0 amide bonds. The first-order chi connectivity index (χ1) is 14.5. The Kier molecular flexibility index (Phi) is 4.82. The van der Waals surface area contributed by atoms with Gasteiger partial charge >= 0.3 is 0 Å². The van der Waals surface area contributed by atoms with E-state index in [2.05, 4.69) is 55.3 Å². The van der Waals surface area contributed by atoms with E-state index in [0.29, 0.717) is 0 Å². The summed E-state index contributed by atoms with van der Waals surface area (Å²) in [5, 5.41) is 4.90. The van der Waals surface area contributed by atoms with Gasteiger partial charge in [0.05, 0.1) is 30.5 Å². The van der Waals surface area contributed by atoms with Crippen molar-refractivity contribution in [2.45, 2.75) is 39.7 Å². The summed E-state index contributed by atoms with van der Waals surface area (Å²) in [7, 11) is 0. The van der Waals surface area contributed by atoms with Crippen molar-refractivity contribution in [3.63, 3.8) is 0 Å². The van der Waals surface area contributed by atoms with Crippen molar-refractivity contribution < 1.29 is 4.74 Å². The van der Waals surface area contributed by atoms with Gasteiger partial charge in [-0.05, 0) is 42.9 Å². The SMILES string of the molecule is Cc1cc(NC2CC(C)(C)Cc3nc(N4CCOCC4)ncc32)nc2ccccc12. The molecular formula is C24H29N5O. The zero-order valence-corrected chi connectivity index (χ0v) is 18.0. The number of nitrogens with one attached hydrogen (secondary N) is 1. The second-order valence-electron chi connectivity index (χ2n) is 9.26. The van der Waals surface area contributed by atoms with Crippen LogP contribution in [0.5, 0.6) is 0 Å². The summed E-state index contributed by atoms with van der Waals surface area (Å²) >= 11 is 0. The fraction of sp³-hybridized carbons (Fsp3) is 0.458. The van der Waals surface area contributed by atoms with Gasteiger partial charge in [0.1, 0.15) is 5.82 Å². The van der Waals surface area contributed by atoms with E-state index < -0.39 is 0 Å². The highest BCUT2D eigenvalue weighted by molar-refractivity contribution is 5.83. The number of aryl methyl sites for hydroxylation is 1. The van der Waals surface area contributed by atoms with Crippen molar-refractivity contribution in [3.8, 4) is 0 Å². The zero-order chi connectivity index (χ0) is 20.7. The van der Waals surface area contributed by atoms with Crippen LogP contribution in [-0.4, -0.2) is 41.3 Å². The van der Waals surface area contributed by atoms with Crippen LogP contribution in [0, 0.1) is 12.3 Å². The number of morpholine rings is 1. The minimum absolute atomic E-state index is 0.149. The molecule has 156 valence electrons. The molecule has 1 atom stereocenters. The largest absolute Gasteiger partial charge is 0.378 e. The number of pyridine rings is 1. The van der Waals surface area contributed by atoms with Crippen molar-refractivity contribution >= 4 is 22.7 Å². The monoisotopic (exact) mass is 403 g/mol. The molecule has 5 rings (SSSR count). The number of ether oxygens (including phenoxy) is 1. The Morgan fingerprint density at radius 2 is 1.93 bits per heavy atom. The van der Waals surface area contributed by atoms with Crippen molar-refractivity contribution in [1.82, 2.24) is 15.0 Å². The number of para-hydroxylation sites is 1. The van der Waals surface area contributed by atoms with Gasteiger partial charge in [0, 0.05) is 30.2 Å². The van der Waals surface area contributed by atoms with E-state index in [0.717, 1.165) is 62.1 Å². The third-order valence-electron chi connectivity index (χ3n) is 6.20. The highest BCUT2D eigenvalue weighted by Gasteiger charge is 2.34. The van der Waals surface area contributed by atoms with Gasteiger partial charge in [0.15, 0.2) is 0 Å². The van der Waals surface area contributed by atoms with E-state index >= 15 is 0 Å². The number of benzene rings is 1. The van der Waals surface area contributed by atoms with Crippen molar-refractivity contribution in [3.05, 3.63) is 53.3 Å². The number of rotatable bonds is 3. The van der Waals surface area contributed by atoms with E-state index in [4.69, 9.17) is 19.7 Å². The predicted octanol–water partition coefficient (Wildman–Crippen LogP) is 4.30. The van der Waals surface area contributed by atoms with Gasteiger partial charge < -0.3 is 15.0 Å². The van der Waals surface area contributed by atoms with Crippen LogP contribution in [0.3, 0.4) is 0 Å². The molecular weight excluding hydrogens is 374 g/mol. The Balaban J connectivity index is 1.47. The Bertz CT molecular complexity index is 1070. The van der Waals surface area contributed by atoms with Gasteiger partial charge in [-0.15, -0.1) is 0 Å². The maximum atomic E-state index is 5.48. The first-order valence-electron chi connectivity index (χ1n) is 10.8. The number of anilines is 2. The average molecular weight is 404 g/mol. The van der Waals surface area contributed by atoms with Gasteiger partial charge in [0.2, 0.25) is 5.95 Å². The molecule has 1 N–H and O–H groups in total. The van der Waals surface area contributed by atoms with E-state index in [-0.39, 0.29) is 11.5 Å². The lowest BCUT2D eigenvalue weighted by atomic mass is 9.74. The van der Waals surface area contributed by atoms with Crippen molar-refractivity contribution in [2.75, 3.05) is 36.5 Å². The van der Waals surface area contributed by atoms with Crippen molar-refractivity contribution in [1.29, 1.82) is 0 Å². The lowest BCUT2D eigenvalue weighted by Gasteiger charge is -2.37. The van der Waals surface area contributed by atoms with Crippen LogP contribution in [0.4, 0.5) is 11.8 Å². The summed E-state index contributed by atoms with van der Waals surface area (Å²) in [6, 6.07) is 10.6. The Labute approximate surface area is 177 Å². The number of fused-ring (bicyclic) bond motifs is 2. The molecule has 0 radical (unpaired) electrons. The minimum Gasteiger partial charge on any atom is -0.378 e. The normalized spacial score (nSPS) is 20.8. The summed E-state index contributed by atoms with van der Waals surface area (Å²) in [6.07, 6.45) is 4.01. The van der Waals surface area contributed by atoms with Gasteiger partial charge in [-0.2, -0.15) is 0 Å². The second kappa shape index (κ2) is 7.51. The standard InChI is InChI=1S/C24H29N5O/c1-16-12-22(26-19-7-5-4-6-17(16)19)27-20-13-24(2,3)14-21-18(20)15-25-23(28-21)29-8-10-30-11-9-29/h4-7,12,15,20H,8-11,13-14H2,1-3H3,(H,26,27). The summed E-state index contributed by atoms with van der Waals surface area (Å²) in [6.45, 7) is 9.96. The number of aromatic nitrogens is 3. The van der Waals surface area contributed by atoms with Crippen LogP contribution in [0.15, 0.2) is 36.5 Å². The predicted molar refractivity (Wildman–Crippen MR) is 120 cm³/mol. The molecule has 1 unspecified atom stereocenters. The first kappa shape index (κ1) is 19.2. The Morgan fingerprint density at radius 1 is 1.13 bits per heavy atom.